The van der Waals surface area contributed by atoms with Crippen LogP contribution in [0.3, 0.4) is 0 Å². The predicted molar refractivity (Wildman–Crippen MR) is 220 cm³/mol. The molecule has 14 nitrogen and oxygen atoms in total. The number of halogens is 3. The van der Waals surface area contributed by atoms with E-state index < -0.39 is 49.8 Å². The van der Waals surface area contributed by atoms with Crippen LogP contribution in [0.5, 0.6) is 5.88 Å². The molecule has 0 radical (unpaired) electrons. The fourth-order valence-corrected chi connectivity index (χ4v) is 10.5. The number of aliphatic carboxylic acids is 1. The third-order valence-corrected chi connectivity index (χ3v) is 14.6. The number of anilines is 1. The number of nitrogens with zero attached hydrogens (tertiary/aromatic N) is 7. The molecular weight excluding hydrogens is 824 g/mol. The summed E-state index contributed by atoms with van der Waals surface area (Å²) in [5, 5.41) is 17.8. The lowest BCUT2D eigenvalue weighted by atomic mass is 9.70. The maximum Gasteiger partial charge on any atom is 0.452 e. The molecule has 60 heavy (non-hydrogen) atoms. The number of morpholine rings is 1. The van der Waals surface area contributed by atoms with E-state index in [-0.39, 0.29) is 29.5 Å². The predicted octanol–water partition coefficient (Wildman–Crippen LogP) is 5.86. The van der Waals surface area contributed by atoms with Crippen molar-refractivity contribution in [1.29, 1.82) is 0 Å². The molecule has 0 amide bonds. The lowest BCUT2D eigenvalue weighted by molar-refractivity contribution is -0.147. The summed E-state index contributed by atoms with van der Waals surface area (Å²) in [6.07, 6.45) is -2.73. The van der Waals surface area contributed by atoms with Gasteiger partial charge in [0.15, 0.2) is 5.65 Å². The van der Waals surface area contributed by atoms with Gasteiger partial charge in [0.1, 0.15) is 16.3 Å². The number of likely N-dealkylation sites (N-methyl/N-ethyl adjacent to an activating group) is 1. The lowest BCUT2D eigenvalue weighted by Gasteiger charge is -2.41. The minimum Gasteiger partial charge on any atom is -0.481 e. The summed E-state index contributed by atoms with van der Waals surface area (Å²) in [5.74, 6) is -2.67. The van der Waals surface area contributed by atoms with Crippen LogP contribution in [-0.2, 0) is 37.0 Å². The van der Waals surface area contributed by atoms with Crippen LogP contribution in [0, 0.1) is 26.2 Å². The van der Waals surface area contributed by atoms with E-state index in [0.29, 0.717) is 79.4 Å². The van der Waals surface area contributed by atoms with Gasteiger partial charge in [-0.05, 0) is 87.1 Å². The first-order chi connectivity index (χ1) is 28.1. The monoisotopic (exact) mass is 875 g/mol. The van der Waals surface area contributed by atoms with E-state index in [1.165, 1.54) is 16.6 Å². The minimum absolute atomic E-state index is 0.00149. The molecule has 3 aliphatic heterocycles. The summed E-state index contributed by atoms with van der Waals surface area (Å²) < 4.78 is 91.4. The first-order valence-electron chi connectivity index (χ1n) is 19.8. The zero-order valence-electron chi connectivity index (χ0n) is 34.8. The standard InChI is InChI=1S/C41H52F3N7O7S2/c1-25-8-9-28(32(38(4,5)37(52)53)30-10-13-51-34(27(30)3)46-47-36(51)41(42,43)44)21-29(25)22-50-24-40(11-16-56-17-12-40)58-35-31(60(50,54)55)20-26(2)33(45-35)48(7)39(6,59)23-49-14-18-57-19-15-49/h8-10,13,20-21,32,59H,11-12,14-19,22-24H2,1-7H3,(H,52,53)/t32-,39+/m1/s1. The second-order valence-electron chi connectivity index (χ2n) is 17.0. The minimum atomic E-state index is -4.76. The molecule has 1 aromatic carbocycles. The molecule has 3 aromatic heterocycles. The lowest BCUT2D eigenvalue weighted by Crippen LogP contribution is -2.51. The number of benzene rings is 1. The molecule has 2 atom stereocenters. The summed E-state index contributed by atoms with van der Waals surface area (Å²) in [7, 11) is -2.37. The summed E-state index contributed by atoms with van der Waals surface area (Å²) in [4.78, 5) is 21.3. The van der Waals surface area contributed by atoms with Crippen LogP contribution in [0.1, 0.15) is 78.7 Å². The quantitative estimate of drug-likeness (QED) is 0.145. The highest BCUT2D eigenvalue weighted by molar-refractivity contribution is 7.89. The largest absolute Gasteiger partial charge is 0.481 e. The smallest absolute Gasteiger partial charge is 0.452 e. The molecule has 0 aliphatic carbocycles. The van der Waals surface area contributed by atoms with Gasteiger partial charge in [-0.25, -0.2) is 8.42 Å². The molecule has 1 spiro atoms. The highest BCUT2D eigenvalue weighted by Crippen LogP contribution is 2.45. The Morgan fingerprint density at radius 2 is 1.67 bits per heavy atom. The van der Waals surface area contributed by atoms with Crippen LogP contribution in [-0.4, -0.2) is 118 Å². The Labute approximate surface area is 353 Å². The van der Waals surface area contributed by atoms with Gasteiger partial charge >= 0.3 is 12.1 Å². The summed E-state index contributed by atoms with van der Waals surface area (Å²) in [6, 6.07) is 8.45. The van der Waals surface area contributed by atoms with E-state index in [0.717, 1.165) is 23.1 Å². The third-order valence-electron chi connectivity index (χ3n) is 12.3. The molecule has 1 N–H and O–H groups in total. The van der Waals surface area contributed by atoms with Crippen molar-refractivity contribution in [3.05, 3.63) is 75.7 Å². The van der Waals surface area contributed by atoms with Crippen molar-refractivity contribution in [2.75, 3.05) is 64.6 Å². The van der Waals surface area contributed by atoms with Crippen molar-refractivity contribution in [3.8, 4) is 5.88 Å². The zero-order valence-corrected chi connectivity index (χ0v) is 36.5. The van der Waals surface area contributed by atoms with E-state index >= 15 is 0 Å². The first-order valence-corrected chi connectivity index (χ1v) is 21.7. The number of thiol groups is 1. The van der Waals surface area contributed by atoms with Gasteiger partial charge in [-0.1, -0.05) is 18.2 Å². The van der Waals surface area contributed by atoms with Gasteiger partial charge in [0.05, 0.1) is 43.3 Å². The maximum absolute atomic E-state index is 14.9. The molecule has 0 unspecified atom stereocenters. The van der Waals surface area contributed by atoms with Crippen molar-refractivity contribution in [1.82, 2.24) is 28.8 Å². The molecule has 0 bridgehead atoms. The Morgan fingerprint density at radius 3 is 2.32 bits per heavy atom. The molecule has 6 heterocycles. The van der Waals surface area contributed by atoms with Gasteiger partial charge in [0.2, 0.25) is 21.7 Å². The van der Waals surface area contributed by atoms with Crippen LogP contribution in [0.25, 0.3) is 5.65 Å². The summed E-state index contributed by atoms with van der Waals surface area (Å²) >= 11 is 5.05. The SMILES string of the molecule is Cc1ccc([C@H](c2ccn3c(C(F)(F)F)nnc3c2C)C(C)(C)C(=O)O)cc1CN1CC2(CCOCC2)Oc2nc(N(C)[C@@](C)(S)CN3CCOCC3)c(C)cc2S1(=O)=O. The molecule has 19 heteroatoms. The highest BCUT2D eigenvalue weighted by Gasteiger charge is 2.47. The van der Waals surface area contributed by atoms with Crippen molar-refractivity contribution in [3.63, 3.8) is 0 Å². The Balaban J connectivity index is 1.29. The summed E-state index contributed by atoms with van der Waals surface area (Å²) in [6.45, 7) is 14.4. The second kappa shape index (κ2) is 16.0. The maximum atomic E-state index is 14.9. The van der Waals surface area contributed by atoms with Crippen molar-refractivity contribution in [2.24, 2.45) is 5.41 Å². The Hall–Kier alpha value is -4.01. The van der Waals surface area contributed by atoms with Gasteiger partial charge in [-0.2, -0.15) is 35.1 Å². The molecule has 7 rings (SSSR count). The fourth-order valence-electron chi connectivity index (χ4n) is 8.55. The molecule has 326 valence electrons. The van der Waals surface area contributed by atoms with E-state index in [9.17, 15) is 31.5 Å². The second-order valence-corrected chi connectivity index (χ2v) is 19.9. The number of carboxylic acids is 1. The van der Waals surface area contributed by atoms with E-state index in [1.54, 1.807) is 45.0 Å². The highest BCUT2D eigenvalue weighted by atomic mass is 32.2. The molecular formula is C41H52F3N7O7S2. The molecule has 2 saturated heterocycles. The number of hydrogen-bond acceptors (Lipinski definition) is 12. The number of carboxylic acid groups (broad SMARTS) is 1. The van der Waals surface area contributed by atoms with Gasteiger partial charge < -0.3 is 24.2 Å². The van der Waals surface area contributed by atoms with E-state index in [4.69, 9.17) is 31.8 Å². The van der Waals surface area contributed by atoms with Crippen molar-refractivity contribution in [2.45, 2.75) is 88.4 Å². The van der Waals surface area contributed by atoms with Crippen molar-refractivity contribution < 1.29 is 45.7 Å². The third kappa shape index (κ3) is 8.20. The summed E-state index contributed by atoms with van der Waals surface area (Å²) in [5.41, 5.74) is 0.807. The fraction of sp³-hybridized carbons (Fsp3) is 0.561. The molecule has 3 aliphatic rings. The number of carbonyl (C=O) groups is 1. The number of alkyl halides is 3. The molecule has 2 fully saturated rings. The van der Waals surface area contributed by atoms with Gasteiger partial charge in [-0.15, -0.1) is 10.2 Å². The average Bonchev–Trinajstić information content (AvgIpc) is 3.61. The van der Waals surface area contributed by atoms with E-state index in [2.05, 4.69) is 15.1 Å². The van der Waals surface area contributed by atoms with Crippen LogP contribution < -0.4 is 9.64 Å². The van der Waals surface area contributed by atoms with Crippen molar-refractivity contribution >= 4 is 40.1 Å². The molecule has 0 saturated carbocycles. The zero-order chi connectivity index (χ0) is 43.6. The number of aryl methyl sites for hydroxylation is 3. The Kier molecular flexibility index (Phi) is 11.8. The average molecular weight is 876 g/mol. The van der Waals surface area contributed by atoms with Crippen LogP contribution >= 0.6 is 12.6 Å². The van der Waals surface area contributed by atoms with Crippen LogP contribution in [0.15, 0.2) is 41.4 Å². The van der Waals surface area contributed by atoms with Gasteiger partial charge in [0.25, 0.3) is 0 Å². The number of sulfonamides is 1. The Morgan fingerprint density at radius 1 is 1.00 bits per heavy atom. The topological polar surface area (TPSA) is 152 Å². The van der Waals surface area contributed by atoms with Gasteiger partial charge in [-0.3, -0.25) is 14.1 Å². The number of aromatic nitrogens is 4. The first kappa shape index (κ1) is 44.1. The number of hydrogen-bond donors (Lipinski definition) is 2. The normalized spacial score (nSPS) is 20.2. The number of ether oxygens (including phenoxy) is 3. The van der Waals surface area contributed by atoms with Crippen LogP contribution in [0.2, 0.25) is 0 Å². The van der Waals surface area contributed by atoms with E-state index in [1.807, 2.05) is 32.7 Å². The number of rotatable bonds is 10. The number of pyridine rings is 2. The van der Waals surface area contributed by atoms with Gasteiger partial charge in [0, 0.05) is 58.2 Å². The molecule has 4 aromatic rings. The Bertz CT molecular complexity index is 2400. The van der Waals surface area contributed by atoms with Crippen LogP contribution in [0.4, 0.5) is 19.0 Å². The number of fused-ring (bicyclic) bond motifs is 2.